The number of para-hydroxylation sites is 1. The molecule has 0 radical (unpaired) electrons. The van der Waals surface area contributed by atoms with Crippen LogP contribution in [0.15, 0.2) is 48.5 Å². The highest BCUT2D eigenvalue weighted by atomic mass is 16.6. The molecule has 0 spiro atoms. The molecule has 1 N–H and O–H groups in total. The summed E-state index contributed by atoms with van der Waals surface area (Å²) in [5.41, 5.74) is 1.86. The average molecular weight is 452 g/mol. The zero-order valence-electron chi connectivity index (χ0n) is 19.3. The van der Waals surface area contributed by atoms with Gasteiger partial charge in [-0.3, -0.25) is 14.5 Å². The second-order valence-electron chi connectivity index (χ2n) is 8.73. The summed E-state index contributed by atoms with van der Waals surface area (Å²) < 4.78 is 11.1. The number of carbonyl (C=O) groups is 2. The standard InChI is InChI=1S/C26H33N3O4/c1-28(22-6-3-2-4-7-22)13-5-12-27-25(30)19-29-14-10-20(11-15-29)26(31)21-8-9-23-24(18-21)33-17-16-32-23/h2-4,6-9,18,20H,5,10-17,19H2,1H3,(H,27,30). The van der Waals surface area contributed by atoms with Crippen molar-refractivity contribution in [3.05, 3.63) is 54.1 Å². The summed E-state index contributed by atoms with van der Waals surface area (Å²) in [7, 11) is 2.06. The van der Waals surface area contributed by atoms with Crippen molar-refractivity contribution in [1.82, 2.24) is 10.2 Å². The van der Waals surface area contributed by atoms with Gasteiger partial charge in [-0.2, -0.15) is 0 Å². The molecule has 2 aliphatic rings. The Balaban J connectivity index is 1.15. The molecule has 4 rings (SSSR count). The van der Waals surface area contributed by atoms with Gasteiger partial charge in [0.15, 0.2) is 17.3 Å². The number of fused-ring (bicyclic) bond motifs is 1. The van der Waals surface area contributed by atoms with Crippen molar-refractivity contribution in [3.63, 3.8) is 0 Å². The Labute approximate surface area is 195 Å². The highest BCUT2D eigenvalue weighted by Gasteiger charge is 2.27. The van der Waals surface area contributed by atoms with E-state index in [-0.39, 0.29) is 17.6 Å². The van der Waals surface area contributed by atoms with Crippen LogP contribution in [0.4, 0.5) is 5.69 Å². The number of nitrogens with one attached hydrogen (secondary N) is 1. The van der Waals surface area contributed by atoms with Crippen molar-refractivity contribution in [2.45, 2.75) is 19.3 Å². The van der Waals surface area contributed by atoms with Crippen molar-refractivity contribution >= 4 is 17.4 Å². The Hall–Kier alpha value is -3.06. The topological polar surface area (TPSA) is 71.1 Å². The first-order valence-electron chi connectivity index (χ1n) is 11.8. The number of nitrogens with zero attached hydrogens (tertiary/aromatic N) is 2. The van der Waals surface area contributed by atoms with Gasteiger partial charge >= 0.3 is 0 Å². The first-order valence-corrected chi connectivity index (χ1v) is 11.8. The van der Waals surface area contributed by atoms with Crippen LogP contribution in [0.5, 0.6) is 11.5 Å². The van der Waals surface area contributed by atoms with Crippen molar-refractivity contribution in [2.24, 2.45) is 5.92 Å². The number of amides is 1. The van der Waals surface area contributed by atoms with E-state index < -0.39 is 0 Å². The molecule has 2 heterocycles. The maximum Gasteiger partial charge on any atom is 0.234 e. The smallest absolute Gasteiger partial charge is 0.234 e. The van der Waals surface area contributed by atoms with Crippen molar-refractivity contribution in [3.8, 4) is 11.5 Å². The lowest BCUT2D eigenvalue weighted by molar-refractivity contribution is -0.122. The highest BCUT2D eigenvalue weighted by Crippen LogP contribution is 2.32. The minimum absolute atomic E-state index is 0.0135. The first-order chi connectivity index (χ1) is 16.1. The molecule has 0 bridgehead atoms. The van der Waals surface area contributed by atoms with Gasteiger partial charge < -0.3 is 19.7 Å². The summed E-state index contributed by atoms with van der Waals surface area (Å²) in [6.07, 6.45) is 2.42. The van der Waals surface area contributed by atoms with E-state index in [0.29, 0.717) is 43.4 Å². The van der Waals surface area contributed by atoms with Gasteiger partial charge in [-0.15, -0.1) is 0 Å². The SMILES string of the molecule is CN(CCCNC(=O)CN1CCC(C(=O)c2ccc3c(c2)OCCO3)CC1)c1ccccc1. The van der Waals surface area contributed by atoms with Gasteiger partial charge in [0, 0.05) is 37.3 Å². The van der Waals surface area contributed by atoms with E-state index in [4.69, 9.17) is 9.47 Å². The Morgan fingerprint density at radius 3 is 2.52 bits per heavy atom. The van der Waals surface area contributed by atoms with E-state index in [9.17, 15) is 9.59 Å². The molecule has 7 heteroatoms. The summed E-state index contributed by atoms with van der Waals surface area (Å²) in [5, 5.41) is 3.03. The molecule has 2 aromatic carbocycles. The summed E-state index contributed by atoms with van der Waals surface area (Å²) in [6.45, 7) is 4.49. The minimum atomic E-state index is -0.0135. The maximum absolute atomic E-state index is 12.9. The number of ether oxygens (including phenoxy) is 2. The fourth-order valence-corrected chi connectivity index (χ4v) is 4.40. The Morgan fingerprint density at radius 2 is 1.76 bits per heavy atom. The minimum Gasteiger partial charge on any atom is -0.486 e. The number of rotatable bonds is 9. The number of piperidine rings is 1. The van der Waals surface area contributed by atoms with E-state index in [1.54, 1.807) is 6.07 Å². The molecule has 0 atom stereocenters. The zero-order chi connectivity index (χ0) is 23.0. The number of hydrogen-bond donors (Lipinski definition) is 1. The highest BCUT2D eigenvalue weighted by molar-refractivity contribution is 5.98. The number of Topliss-reactive ketones (excluding diaryl/α,β-unsaturated/α-hetero) is 1. The molecule has 1 fully saturated rings. The number of benzene rings is 2. The largest absolute Gasteiger partial charge is 0.486 e. The van der Waals surface area contributed by atoms with E-state index >= 15 is 0 Å². The maximum atomic E-state index is 12.9. The fraction of sp³-hybridized carbons (Fsp3) is 0.462. The summed E-state index contributed by atoms with van der Waals surface area (Å²) in [6, 6.07) is 15.7. The lowest BCUT2D eigenvalue weighted by Crippen LogP contribution is -2.43. The van der Waals surface area contributed by atoms with Crippen molar-refractivity contribution in [1.29, 1.82) is 0 Å². The third-order valence-electron chi connectivity index (χ3n) is 6.34. The van der Waals surface area contributed by atoms with Gasteiger partial charge in [0.1, 0.15) is 13.2 Å². The summed E-state index contributed by atoms with van der Waals surface area (Å²) in [4.78, 5) is 29.6. The molecule has 176 valence electrons. The Morgan fingerprint density at radius 1 is 1.03 bits per heavy atom. The molecular formula is C26H33N3O4. The number of anilines is 1. The third kappa shape index (κ3) is 6.26. The number of carbonyl (C=O) groups excluding carboxylic acids is 2. The van der Waals surface area contributed by atoms with Crippen molar-refractivity contribution < 1.29 is 19.1 Å². The van der Waals surface area contributed by atoms with Crippen LogP contribution in [-0.2, 0) is 4.79 Å². The third-order valence-corrected chi connectivity index (χ3v) is 6.34. The molecule has 2 aliphatic heterocycles. The monoisotopic (exact) mass is 451 g/mol. The molecule has 0 unspecified atom stereocenters. The van der Waals surface area contributed by atoms with Gasteiger partial charge in [0.05, 0.1) is 6.54 Å². The van der Waals surface area contributed by atoms with Crippen LogP contribution in [0.25, 0.3) is 0 Å². The lowest BCUT2D eigenvalue weighted by atomic mass is 9.88. The molecule has 2 aromatic rings. The number of likely N-dealkylation sites (tertiary alicyclic amines) is 1. The van der Waals surface area contributed by atoms with Crippen LogP contribution < -0.4 is 19.7 Å². The summed E-state index contributed by atoms with van der Waals surface area (Å²) in [5.74, 6) is 1.54. The molecule has 0 aliphatic carbocycles. The molecule has 0 aromatic heterocycles. The molecular weight excluding hydrogens is 418 g/mol. The lowest BCUT2D eigenvalue weighted by Gasteiger charge is -2.31. The van der Waals surface area contributed by atoms with E-state index in [1.807, 2.05) is 30.3 Å². The predicted octanol–water partition coefficient (Wildman–Crippen LogP) is 3.00. The second-order valence-corrected chi connectivity index (χ2v) is 8.73. The number of hydrogen-bond acceptors (Lipinski definition) is 6. The molecule has 0 saturated carbocycles. The van der Waals surface area contributed by atoms with Crippen LogP contribution in [-0.4, -0.2) is 69.6 Å². The van der Waals surface area contributed by atoms with E-state index in [2.05, 4.69) is 34.3 Å². The molecule has 1 amide bonds. The normalized spacial score (nSPS) is 16.3. The average Bonchev–Trinajstić information content (AvgIpc) is 2.86. The van der Waals surface area contributed by atoms with Gasteiger partial charge in [-0.05, 0) is 62.7 Å². The molecule has 33 heavy (non-hydrogen) atoms. The van der Waals surface area contributed by atoms with Crippen molar-refractivity contribution in [2.75, 3.05) is 57.9 Å². The summed E-state index contributed by atoms with van der Waals surface area (Å²) >= 11 is 0. The Bertz CT molecular complexity index is 942. The van der Waals surface area contributed by atoms with Gasteiger partial charge in [-0.25, -0.2) is 0 Å². The van der Waals surface area contributed by atoms with E-state index in [1.165, 1.54) is 5.69 Å². The zero-order valence-corrected chi connectivity index (χ0v) is 19.3. The first kappa shape index (κ1) is 23.1. The van der Waals surface area contributed by atoms with E-state index in [0.717, 1.165) is 38.9 Å². The number of ketones is 1. The van der Waals surface area contributed by atoms with Gasteiger partial charge in [0.2, 0.25) is 5.91 Å². The van der Waals surface area contributed by atoms with Gasteiger partial charge in [-0.1, -0.05) is 18.2 Å². The van der Waals surface area contributed by atoms with Gasteiger partial charge in [0.25, 0.3) is 0 Å². The van der Waals surface area contributed by atoms with Crippen LogP contribution in [0, 0.1) is 5.92 Å². The van der Waals surface area contributed by atoms with Crippen LogP contribution in [0.1, 0.15) is 29.6 Å². The fourth-order valence-electron chi connectivity index (χ4n) is 4.40. The molecule has 7 nitrogen and oxygen atoms in total. The predicted molar refractivity (Wildman–Crippen MR) is 128 cm³/mol. The van der Waals surface area contributed by atoms with Crippen LogP contribution >= 0.6 is 0 Å². The van der Waals surface area contributed by atoms with Crippen LogP contribution in [0.3, 0.4) is 0 Å². The van der Waals surface area contributed by atoms with Crippen LogP contribution in [0.2, 0.25) is 0 Å². The Kier molecular flexibility index (Phi) is 7.83. The quantitative estimate of drug-likeness (QED) is 0.467. The molecule has 1 saturated heterocycles. The second kappa shape index (κ2) is 11.2.